The van der Waals surface area contributed by atoms with E-state index in [2.05, 4.69) is 20.9 Å². The fourth-order valence-electron chi connectivity index (χ4n) is 1.81. The SMILES string of the molecule is Cc1cnccc1C(O)Cc1ccc(Br)cc1. The molecule has 0 saturated heterocycles. The van der Waals surface area contributed by atoms with E-state index in [0.717, 1.165) is 21.2 Å². The Morgan fingerprint density at radius 1 is 1.24 bits per heavy atom. The third-order valence-corrected chi connectivity index (χ3v) is 3.29. The van der Waals surface area contributed by atoms with Crippen molar-refractivity contribution in [1.29, 1.82) is 0 Å². The Bertz CT molecular complexity index is 496. The molecule has 88 valence electrons. The van der Waals surface area contributed by atoms with Crippen LogP contribution in [0.1, 0.15) is 22.8 Å². The molecule has 3 heteroatoms. The van der Waals surface area contributed by atoms with Crippen LogP contribution >= 0.6 is 15.9 Å². The van der Waals surface area contributed by atoms with Crippen molar-refractivity contribution in [2.45, 2.75) is 19.4 Å². The zero-order chi connectivity index (χ0) is 12.3. The summed E-state index contributed by atoms with van der Waals surface area (Å²) in [4.78, 5) is 4.03. The minimum Gasteiger partial charge on any atom is -0.388 e. The average Bonchev–Trinajstić information content (AvgIpc) is 2.32. The first-order valence-electron chi connectivity index (χ1n) is 5.50. The van der Waals surface area contributed by atoms with Gasteiger partial charge in [0.05, 0.1) is 6.10 Å². The standard InChI is InChI=1S/C14H14BrNO/c1-10-9-16-7-6-13(10)14(17)8-11-2-4-12(15)5-3-11/h2-7,9,14,17H,8H2,1H3. The van der Waals surface area contributed by atoms with Crippen molar-refractivity contribution in [2.75, 3.05) is 0 Å². The van der Waals surface area contributed by atoms with Crippen LogP contribution < -0.4 is 0 Å². The summed E-state index contributed by atoms with van der Waals surface area (Å²) in [5.41, 5.74) is 3.09. The summed E-state index contributed by atoms with van der Waals surface area (Å²) in [6.45, 7) is 1.97. The van der Waals surface area contributed by atoms with E-state index in [1.165, 1.54) is 0 Å². The van der Waals surface area contributed by atoms with E-state index in [4.69, 9.17) is 0 Å². The lowest BCUT2D eigenvalue weighted by Crippen LogP contribution is -2.04. The second-order valence-corrected chi connectivity index (χ2v) is 4.99. The van der Waals surface area contributed by atoms with E-state index in [-0.39, 0.29) is 0 Å². The number of aliphatic hydroxyl groups excluding tert-OH is 1. The molecule has 0 aliphatic heterocycles. The summed E-state index contributed by atoms with van der Waals surface area (Å²) in [5, 5.41) is 10.2. The van der Waals surface area contributed by atoms with Gasteiger partial charge in [-0.05, 0) is 41.8 Å². The molecule has 1 aromatic carbocycles. The van der Waals surface area contributed by atoms with E-state index < -0.39 is 6.10 Å². The highest BCUT2D eigenvalue weighted by Crippen LogP contribution is 2.21. The molecule has 17 heavy (non-hydrogen) atoms. The molecule has 1 heterocycles. The van der Waals surface area contributed by atoms with E-state index in [1.54, 1.807) is 12.4 Å². The van der Waals surface area contributed by atoms with Crippen molar-refractivity contribution in [2.24, 2.45) is 0 Å². The molecular weight excluding hydrogens is 278 g/mol. The number of nitrogens with zero attached hydrogens (tertiary/aromatic N) is 1. The number of halogens is 1. The largest absolute Gasteiger partial charge is 0.388 e. The molecule has 1 unspecified atom stereocenters. The van der Waals surface area contributed by atoms with Gasteiger partial charge in [-0.1, -0.05) is 28.1 Å². The van der Waals surface area contributed by atoms with Crippen LogP contribution in [0.2, 0.25) is 0 Å². The third kappa shape index (κ3) is 3.14. The van der Waals surface area contributed by atoms with E-state index >= 15 is 0 Å². The molecule has 0 bridgehead atoms. The first-order chi connectivity index (χ1) is 8.16. The van der Waals surface area contributed by atoms with Gasteiger partial charge in [0.15, 0.2) is 0 Å². The minimum atomic E-state index is -0.473. The van der Waals surface area contributed by atoms with Gasteiger partial charge < -0.3 is 5.11 Å². The summed E-state index contributed by atoms with van der Waals surface area (Å²) in [5.74, 6) is 0. The first-order valence-corrected chi connectivity index (χ1v) is 6.29. The molecule has 0 amide bonds. The quantitative estimate of drug-likeness (QED) is 0.940. The van der Waals surface area contributed by atoms with Gasteiger partial charge in [0.2, 0.25) is 0 Å². The third-order valence-electron chi connectivity index (χ3n) is 2.76. The fourth-order valence-corrected chi connectivity index (χ4v) is 2.08. The maximum absolute atomic E-state index is 10.2. The summed E-state index contributed by atoms with van der Waals surface area (Å²) >= 11 is 3.40. The molecule has 0 radical (unpaired) electrons. The first kappa shape index (κ1) is 12.3. The van der Waals surface area contributed by atoms with Gasteiger partial charge in [-0.15, -0.1) is 0 Å². The number of aromatic nitrogens is 1. The van der Waals surface area contributed by atoms with Crippen molar-refractivity contribution in [3.05, 3.63) is 63.9 Å². The van der Waals surface area contributed by atoms with Crippen molar-refractivity contribution < 1.29 is 5.11 Å². The molecule has 0 aliphatic rings. The van der Waals surface area contributed by atoms with E-state index in [1.807, 2.05) is 37.3 Å². The second kappa shape index (κ2) is 5.43. The zero-order valence-electron chi connectivity index (χ0n) is 9.60. The maximum atomic E-state index is 10.2. The summed E-state index contributed by atoms with van der Waals surface area (Å²) < 4.78 is 1.05. The number of aliphatic hydroxyl groups is 1. The lowest BCUT2D eigenvalue weighted by Gasteiger charge is -2.13. The smallest absolute Gasteiger partial charge is 0.0834 e. The molecular formula is C14H14BrNO. The van der Waals surface area contributed by atoms with Crippen LogP contribution in [-0.2, 0) is 6.42 Å². The average molecular weight is 292 g/mol. The van der Waals surface area contributed by atoms with Crippen LogP contribution in [0.25, 0.3) is 0 Å². The molecule has 0 fully saturated rings. The Hall–Kier alpha value is -1.19. The Kier molecular flexibility index (Phi) is 3.92. The monoisotopic (exact) mass is 291 g/mol. The number of aryl methyl sites for hydroxylation is 1. The van der Waals surface area contributed by atoms with E-state index in [0.29, 0.717) is 6.42 Å². The minimum absolute atomic E-state index is 0.473. The lowest BCUT2D eigenvalue weighted by molar-refractivity contribution is 0.177. The van der Waals surface area contributed by atoms with Gasteiger partial charge in [-0.3, -0.25) is 4.98 Å². The highest BCUT2D eigenvalue weighted by molar-refractivity contribution is 9.10. The highest BCUT2D eigenvalue weighted by atomic mass is 79.9. The molecule has 0 spiro atoms. The van der Waals surface area contributed by atoms with Crippen molar-refractivity contribution >= 4 is 15.9 Å². The van der Waals surface area contributed by atoms with Gasteiger partial charge in [0, 0.05) is 23.3 Å². The molecule has 2 aromatic rings. The molecule has 0 saturated carbocycles. The summed E-state index contributed by atoms with van der Waals surface area (Å²) in [7, 11) is 0. The molecule has 1 atom stereocenters. The van der Waals surface area contributed by atoms with Gasteiger partial charge in [0.25, 0.3) is 0 Å². The fraction of sp³-hybridized carbons (Fsp3) is 0.214. The molecule has 2 rings (SSSR count). The summed E-state index contributed by atoms with van der Waals surface area (Å²) in [6.07, 6.45) is 3.64. The van der Waals surface area contributed by atoms with Crippen LogP contribution in [0.3, 0.4) is 0 Å². The van der Waals surface area contributed by atoms with Gasteiger partial charge in [0.1, 0.15) is 0 Å². The van der Waals surface area contributed by atoms with Crippen LogP contribution in [0, 0.1) is 6.92 Å². The predicted molar refractivity (Wildman–Crippen MR) is 71.8 cm³/mol. The van der Waals surface area contributed by atoms with Crippen molar-refractivity contribution in [3.63, 3.8) is 0 Å². The predicted octanol–water partition coefficient (Wildman–Crippen LogP) is 3.43. The Balaban J connectivity index is 2.14. The molecule has 1 N–H and O–H groups in total. The van der Waals surface area contributed by atoms with Gasteiger partial charge >= 0.3 is 0 Å². The van der Waals surface area contributed by atoms with Crippen LogP contribution in [0.15, 0.2) is 47.2 Å². The zero-order valence-corrected chi connectivity index (χ0v) is 11.2. The van der Waals surface area contributed by atoms with Crippen LogP contribution in [0.4, 0.5) is 0 Å². The lowest BCUT2D eigenvalue weighted by atomic mass is 9.99. The normalized spacial score (nSPS) is 12.4. The number of rotatable bonds is 3. The molecule has 1 aromatic heterocycles. The second-order valence-electron chi connectivity index (χ2n) is 4.08. The maximum Gasteiger partial charge on any atom is 0.0834 e. The topological polar surface area (TPSA) is 33.1 Å². The highest BCUT2D eigenvalue weighted by Gasteiger charge is 2.10. The Labute approximate surface area is 109 Å². The molecule has 2 nitrogen and oxygen atoms in total. The Morgan fingerprint density at radius 3 is 2.59 bits per heavy atom. The van der Waals surface area contributed by atoms with Crippen molar-refractivity contribution in [3.8, 4) is 0 Å². The van der Waals surface area contributed by atoms with Gasteiger partial charge in [-0.25, -0.2) is 0 Å². The van der Waals surface area contributed by atoms with Crippen molar-refractivity contribution in [1.82, 2.24) is 4.98 Å². The van der Waals surface area contributed by atoms with Gasteiger partial charge in [-0.2, -0.15) is 0 Å². The number of pyridine rings is 1. The Morgan fingerprint density at radius 2 is 1.94 bits per heavy atom. The van der Waals surface area contributed by atoms with Crippen LogP contribution in [0.5, 0.6) is 0 Å². The number of benzene rings is 1. The van der Waals surface area contributed by atoms with Crippen LogP contribution in [-0.4, -0.2) is 10.1 Å². The van der Waals surface area contributed by atoms with E-state index in [9.17, 15) is 5.11 Å². The molecule has 0 aliphatic carbocycles. The number of hydrogen-bond donors (Lipinski definition) is 1. The number of hydrogen-bond acceptors (Lipinski definition) is 2. The summed E-state index contributed by atoms with van der Waals surface area (Å²) in [6, 6.07) is 9.88.